The molecule has 3 heteroatoms. The van der Waals surface area contributed by atoms with Crippen molar-refractivity contribution in [3.05, 3.63) is 35.9 Å². The summed E-state index contributed by atoms with van der Waals surface area (Å²) in [6.07, 6.45) is -0.372. The normalized spacial score (nSPS) is 22.8. The van der Waals surface area contributed by atoms with Crippen molar-refractivity contribution in [2.45, 2.75) is 11.7 Å². The van der Waals surface area contributed by atoms with Gasteiger partial charge in [-0.25, -0.2) is 0 Å². The molecule has 1 fully saturated rings. The number of benzene rings is 1. The first kappa shape index (κ1) is 7.79. The number of hydrogen-bond acceptors (Lipinski definition) is 3. The Hall–Kier alpha value is -1.84. The van der Waals surface area contributed by atoms with E-state index in [2.05, 4.69) is 0 Å². The van der Waals surface area contributed by atoms with Gasteiger partial charge in [0.2, 0.25) is 0 Å². The third-order valence-corrected chi connectivity index (χ3v) is 2.05. The van der Waals surface area contributed by atoms with Crippen LogP contribution in [-0.4, -0.2) is 5.60 Å². The van der Waals surface area contributed by atoms with Gasteiger partial charge in [0, 0.05) is 0 Å². The van der Waals surface area contributed by atoms with E-state index < -0.39 is 5.60 Å². The van der Waals surface area contributed by atoms with Crippen LogP contribution >= 0.6 is 0 Å². The molecular weight excluding hydrogens is 164 g/mol. The van der Waals surface area contributed by atoms with Gasteiger partial charge in [0.15, 0.2) is 0 Å². The lowest BCUT2D eigenvalue weighted by Crippen LogP contribution is -2.04. The average Bonchev–Trinajstić information content (AvgIpc) is 2.95. The fourth-order valence-corrected chi connectivity index (χ4v) is 1.28. The number of nitriles is 2. The van der Waals surface area contributed by atoms with Crippen molar-refractivity contribution < 1.29 is 4.74 Å². The van der Waals surface area contributed by atoms with Crippen LogP contribution < -0.4 is 0 Å². The van der Waals surface area contributed by atoms with Gasteiger partial charge in [-0.3, -0.25) is 0 Å². The summed E-state index contributed by atoms with van der Waals surface area (Å²) < 4.78 is 5.07. The number of rotatable bonds is 1. The van der Waals surface area contributed by atoms with Crippen molar-refractivity contribution in [2.75, 3.05) is 0 Å². The molecular formula is C10H6N2O. The first-order chi connectivity index (χ1) is 6.32. The van der Waals surface area contributed by atoms with Gasteiger partial charge in [-0.05, 0) is 5.56 Å². The molecule has 1 aromatic carbocycles. The van der Waals surface area contributed by atoms with Gasteiger partial charge in [0.1, 0.15) is 18.2 Å². The third-order valence-electron chi connectivity index (χ3n) is 2.05. The molecule has 0 N–H and O–H groups in total. The SMILES string of the molecule is N#CC1(C#N)O[C@@H]1c1ccccc1. The van der Waals surface area contributed by atoms with Crippen LogP contribution in [0.1, 0.15) is 11.7 Å². The smallest absolute Gasteiger partial charge is 0.272 e. The maximum absolute atomic E-state index is 8.69. The summed E-state index contributed by atoms with van der Waals surface area (Å²) in [5.41, 5.74) is -0.355. The Labute approximate surface area is 75.8 Å². The number of ether oxygens (including phenoxy) is 1. The summed E-state index contributed by atoms with van der Waals surface area (Å²) in [6.45, 7) is 0. The molecule has 1 atom stereocenters. The van der Waals surface area contributed by atoms with E-state index in [4.69, 9.17) is 15.3 Å². The minimum atomic E-state index is -1.23. The monoisotopic (exact) mass is 170 g/mol. The van der Waals surface area contributed by atoms with E-state index in [0.29, 0.717) is 0 Å². The van der Waals surface area contributed by atoms with Gasteiger partial charge in [-0.15, -0.1) is 0 Å². The van der Waals surface area contributed by atoms with Gasteiger partial charge in [0.25, 0.3) is 5.60 Å². The lowest BCUT2D eigenvalue weighted by molar-refractivity contribution is 0.369. The van der Waals surface area contributed by atoms with E-state index in [1.165, 1.54) is 0 Å². The van der Waals surface area contributed by atoms with Crippen molar-refractivity contribution in [1.82, 2.24) is 0 Å². The Morgan fingerprint density at radius 2 is 1.77 bits per heavy atom. The fourth-order valence-electron chi connectivity index (χ4n) is 1.28. The van der Waals surface area contributed by atoms with Crippen molar-refractivity contribution in [1.29, 1.82) is 10.5 Å². The minimum absolute atomic E-state index is 0.372. The molecule has 1 heterocycles. The lowest BCUT2D eigenvalue weighted by Gasteiger charge is -1.92. The largest absolute Gasteiger partial charge is 0.332 e. The molecule has 0 amide bonds. The second kappa shape index (κ2) is 2.58. The second-order valence-corrected chi connectivity index (χ2v) is 2.87. The number of nitrogens with zero attached hydrogens (tertiary/aromatic N) is 2. The van der Waals surface area contributed by atoms with E-state index in [0.717, 1.165) is 5.56 Å². The van der Waals surface area contributed by atoms with E-state index in [1.807, 2.05) is 42.5 Å². The van der Waals surface area contributed by atoms with Gasteiger partial charge in [-0.2, -0.15) is 10.5 Å². The Bertz CT molecular complexity index is 385. The quantitative estimate of drug-likeness (QED) is 0.600. The molecule has 0 aliphatic carbocycles. The number of epoxide rings is 1. The van der Waals surface area contributed by atoms with E-state index in [9.17, 15) is 0 Å². The van der Waals surface area contributed by atoms with Crippen LogP contribution in [0.3, 0.4) is 0 Å². The van der Waals surface area contributed by atoms with Gasteiger partial charge >= 0.3 is 0 Å². The highest BCUT2D eigenvalue weighted by atomic mass is 16.6. The molecule has 0 spiro atoms. The van der Waals surface area contributed by atoms with Crippen LogP contribution in [0, 0.1) is 22.7 Å². The standard InChI is InChI=1S/C10H6N2O/c11-6-10(7-12)9(13-10)8-4-2-1-3-5-8/h1-5,9H/t9-/m1/s1. The minimum Gasteiger partial charge on any atom is -0.332 e. The molecule has 13 heavy (non-hydrogen) atoms. The summed E-state index contributed by atoms with van der Waals surface area (Å²) in [5, 5.41) is 17.4. The first-order valence-corrected chi connectivity index (χ1v) is 3.88. The highest BCUT2D eigenvalue weighted by Gasteiger charge is 2.59. The first-order valence-electron chi connectivity index (χ1n) is 3.88. The zero-order valence-electron chi connectivity index (χ0n) is 6.77. The maximum Gasteiger partial charge on any atom is 0.272 e. The topological polar surface area (TPSA) is 60.1 Å². The predicted molar refractivity (Wildman–Crippen MR) is 44.2 cm³/mol. The molecule has 0 bridgehead atoms. The summed E-state index contributed by atoms with van der Waals surface area (Å²) in [5.74, 6) is 0. The van der Waals surface area contributed by atoms with Crippen LogP contribution in [0.15, 0.2) is 30.3 Å². The molecule has 1 aliphatic rings. The molecule has 0 unspecified atom stereocenters. The zero-order chi connectivity index (χ0) is 9.31. The van der Waals surface area contributed by atoms with Gasteiger partial charge in [-0.1, -0.05) is 30.3 Å². The molecule has 1 aromatic rings. The van der Waals surface area contributed by atoms with Crippen molar-refractivity contribution in [3.63, 3.8) is 0 Å². The molecule has 3 nitrogen and oxygen atoms in total. The summed E-state index contributed by atoms with van der Waals surface area (Å²) >= 11 is 0. The molecule has 0 radical (unpaired) electrons. The van der Waals surface area contributed by atoms with Crippen molar-refractivity contribution >= 4 is 0 Å². The van der Waals surface area contributed by atoms with E-state index in [1.54, 1.807) is 0 Å². The van der Waals surface area contributed by atoms with E-state index in [-0.39, 0.29) is 6.10 Å². The Morgan fingerprint density at radius 1 is 1.15 bits per heavy atom. The van der Waals surface area contributed by atoms with E-state index >= 15 is 0 Å². The molecule has 1 aliphatic heterocycles. The summed E-state index contributed by atoms with van der Waals surface area (Å²) in [7, 11) is 0. The Morgan fingerprint density at radius 3 is 2.23 bits per heavy atom. The molecule has 62 valence electrons. The Balaban J connectivity index is 2.27. The molecule has 2 rings (SSSR count). The highest BCUT2D eigenvalue weighted by molar-refractivity contribution is 5.38. The van der Waals surface area contributed by atoms with Gasteiger partial charge in [0.05, 0.1) is 0 Å². The molecule has 1 saturated heterocycles. The second-order valence-electron chi connectivity index (χ2n) is 2.87. The average molecular weight is 170 g/mol. The number of hydrogen-bond donors (Lipinski definition) is 0. The van der Waals surface area contributed by atoms with Crippen LogP contribution in [0.4, 0.5) is 0 Å². The fraction of sp³-hybridized carbons (Fsp3) is 0.200. The lowest BCUT2D eigenvalue weighted by atomic mass is 10.0. The maximum atomic E-state index is 8.69. The summed E-state index contributed by atoms with van der Waals surface area (Å²) in [4.78, 5) is 0. The molecule has 0 saturated carbocycles. The van der Waals surface area contributed by atoms with Crippen molar-refractivity contribution in [3.8, 4) is 12.1 Å². The van der Waals surface area contributed by atoms with Crippen LogP contribution in [-0.2, 0) is 4.74 Å². The summed E-state index contributed by atoms with van der Waals surface area (Å²) in [6, 6.07) is 13.0. The highest BCUT2D eigenvalue weighted by Crippen LogP contribution is 2.48. The Kier molecular flexibility index (Phi) is 1.55. The van der Waals surface area contributed by atoms with Crippen LogP contribution in [0.25, 0.3) is 0 Å². The van der Waals surface area contributed by atoms with Crippen LogP contribution in [0.5, 0.6) is 0 Å². The van der Waals surface area contributed by atoms with Gasteiger partial charge < -0.3 is 4.74 Å². The third kappa shape index (κ3) is 1.07. The van der Waals surface area contributed by atoms with Crippen LogP contribution in [0.2, 0.25) is 0 Å². The predicted octanol–water partition coefficient (Wildman–Crippen LogP) is 1.54. The molecule has 0 aromatic heterocycles. The zero-order valence-corrected chi connectivity index (χ0v) is 6.77. The van der Waals surface area contributed by atoms with Crippen molar-refractivity contribution in [2.24, 2.45) is 0 Å².